The van der Waals surface area contributed by atoms with Crippen LogP contribution in [-0.4, -0.2) is 209 Å². The molecule has 2 aliphatic heterocycles. The molecule has 2 saturated heterocycles. The van der Waals surface area contributed by atoms with Crippen LogP contribution >= 0.6 is 0 Å². The number of esters is 1. The first-order valence-corrected chi connectivity index (χ1v) is 31.6. The third kappa shape index (κ3) is 20.9. The third-order valence-corrected chi connectivity index (χ3v) is 17.4. The molecular formula is C66H105N9O14. The summed E-state index contributed by atoms with van der Waals surface area (Å²) in [5.74, 6) is -11.4. The largest absolute Gasteiger partial charge is 0.490 e. The smallest absolute Gasteiger partial charge is 0.329 e. The van der Waals surface area contributed by atoms with Crippen LogP contribution in [-0.2, 0) is 63.9 Å². The first-order chi connectivity index (χ1) is 41.6. The summed E-state index contributed by atoms with van der Waals surface area (Å²) in [6.45, 7) is 24.5. The summed E-state index contributed by atoms with van der Waals surface area (Å²) in [4.78, 5) is 166. The third-order valence-electron chi connectivity index (χ3n) is 17.4. The summed E-state index contributed by atoms with van der Waals surface area (Å²) in [5.41, 5.74) is 3.00. The normalized spacial score (nSPS) is 25.4. The summed E-state index contributed by atoms with van der Waals surface area (Å²) < 4.78 is 11.9. The van der Waals surface area contributed by atoms with Crippen LogP contribution in [0, 0.1) is 29.6 Å². The van der Waals surface area contributed by atoms with Crippen molar-refractivity contribution in [2.24, 2.45) is 29.6 Å². The molecule has 3 rings (SSSR count). The second-order valence-corrected chi connectivity index (χ2v) is 25.6. The van der Waals surface area contributed by atoms with Crippen molar-refractivity contribution in [1.29, 1.82) is 0 Å². The van der Waals surface area contributed by atoms with Gasteiger partial charge in [-0.2, -0.15) is 0 Å². The van der Waals surface area contributed by atoms with Crippen LogP contribution in [0.5, 0.6) is 5.75 Å². The lowest BCUT2D eigenvalue weighted by Gasteiger charge is -2.41. The molecule has 498 valence electrons. The van der Waals surface area contributed by atoms with Gasteiger partial charge in [0.15, 0.2) is 6.10 Å². The highest BCUT2D eigenvalue weighted by Crippen LogP contribution is 2.27. The molecule has 0 aromatic heterocycles. The average Bonchev–Trinajstić information content (AvgIpc) is 1.39. The van der Waals surface area contributed by atoms with Crippen LogP contribution in [0.2, 0.25) is 0 Å². The number of benzene rings is 1. The topological polar surface area (TPSA) is 282 Å². The van der Waals surface area contributed by atoms with E-state index in [9.17, 15) is 57.8 Å². The van der Waals surface area contributed by atoms with Gasteiger partial charge < -0.3 is 59.9 Å². The maximum atomic E-state index is 15.0. The van der Waals surface area contributed by atoms with E-state index in [1.54, 1.807) is 86.6 Å². The molecule has 23 nitrogen and oxygen atoms in total. The van der Waals surface area contributed by atoms with Crippen molar-refractivity contribution in [1.82, 2.24) is 45.3 Å². The number of carbonyl (C=O) groups is 11. The highest BCUT2D eigenvalue weighted by atomic mass is 16.5. The number of amides is 9. The van der Waals surface area contributed by atoms with Crippen LogP contribution in [0.1, 0.15) is 154 Å². The Bertz CT molecular complexity index is 2710. The van der Waals surface area contributed by atoms with E-state index in [0.717, 1.165) is 27.5 Å². The number of aliphatic carboxylic acids is 1. The number of piperidine rings is 1. The van der Waals surface area contributed by atoms with Gasteiger partial charge in [-0.1, -0.05) is 111 Å². The molecule has 89 heavy (non-hydrogen) atoms. The van der Waals surface area contributed by atoms with Crippen molar-refractivity contribution < 1.29 is 67.3 Å². The number of carbonyl (C=O) groups excluding carboxylic acids is 10. The second-order valence-electron chi connectivity index (χ2n) is 25.6. The van der Waals surface area contributed by atoms with Gasteiger partial charge in [-0.25, -0.2) is 4.79 Å². The Hall–Kier alpha value is -7.33. The Kier molecular flexibility index (Phi) is 30.0. The van der Waals surface area contributed by atoms with E-state index in [2.05, 4.69) is 35.9 Å². The van der Waals surface area contributed by atoms with Gasteiger partial charge >= 0.3 is 11.9 Å². The van der Waals surface area contributed by atoms with Crippen molar-refractivity contribution in [3.63, 3.8) is 0 Å². The van der Waals surface area contributed by atoms with Gasteiger partial charge in [-0.15, -0.1) is 0 Å². The number of nitrogens with zero attached hydrogens (tertiary/aromatic N) is 6. The average molecular weight is 1250 g/mol. The predicted octanol–water partition coefficient (Wildman–Crippen LogP) is 5.38. The van der Waals surface area contributed by atoms with Crippen molar-refractivity contribution in [3.8, 4) is 5.75 Å². The quantitative estimate of drug-likeness (QED) is 0.113. The van der Waals surface area contributed by atoms with Crippen molar-refractivity contribution in [2.75, 3.05) is 54.9 Å². The molecule has 9 amide bonds. The molecule has 0 radical (unpaired) electrons. The fourth-order valence-electron chi connectivity index (χ4n) is 11.6. The van der Waals surface area contributed by atoms with Gasteiger partial charge in [0.2, 0.25) is 47.3 Å². The molecule has 0 saturated carbocycles. The zero-order valence-electron chi connectivity index (χ0n) is 56.5. The number of ether oxygens (including phenoxy) is 2. The Morgan fingerprint density at radius 1 is 0.652 bits per heavy atom. The van der Waals surface area contributed by atoms with E-state index in [0.29, 0.717) is 43.6 Å². The van der Waals surface area contributed by atoms with Gasteiger partial charge in [0.25, 0.3) is 5.91 Å². The molecule has 4 N–H and O–H groups in total. The first-order valence-electron chi connectivity index (χ1n) is 31.6. The number of cyclic esters (lactones) is 1. The van der Waals surface area contributed by atoms with Gasteiger partial charge in [0.1, 0.15) is 60.7 Å². The van der Waals surface area contributed by atoms with E-state index in [4.69, 9.17) is 9.47 Å². The van der Waals surface area contributed by atoms with E-state index in [1.807, 2.05) is 19.9 Å². The number of carboxylic acid groups (broad SMARTS) is 1. The van der Waals surface area contributed by atoms with E-state index >= 15 is 0 Å². The maximum absolute atomic E-state index is 15.0. The number of likely N-dealkylation sites (N-methyl/N-ethyl adjacent to an activating group) is 5. The number of carboxylic acids is 1. The Labute approximate surface area is 528 Å². The van der Waals surface area contributed by atoms with Crippen molar-refractivity contribution >= 4 is 65.1 Å². The molecular weight excluding hydrogens is 1140 g/mol. The SMILES string of the molecule is CCC(C)[C@H]1C(=O)NCC(=O)N(C)[C@@H](C(C)C)C(=O)N[C@@H](Cc2ccc(OC/C=C(\C)CCC=C(C)C)cc2)C(=O)O[C@H](C)C(=O)N2CCCC[C@H]2C(=O)N(C)[C@@H](C(C)C)C(=O)N[C@@H](C(C)C)C(=O)N(C)[C@@H](CC(=O)O)C(=O)N(C)[C@@H](C(C)CC)C(=O)N1C. The summed E-state index contributed by atoms with van der Waals surface area (Å²) in [6.07, 6.45) is 5.45. The molecule has 2 fully saturated rings. The molecule has 0 bridgehead atoms. The summed E-state index contributed by atoms with van der Waals surface area (Å²) in [7, 11) is 6.77. The lowest BCUT2D eigenvalue weighted by Crippen LogP contribution is -2.63. The van der Waals surface area contributed by atoms with Crippen LogP contribution < -0.4 is 20.7 Å². The van der Waals surface area contributed by atoms with Gasteiger partial charge in [-0.05, 0) is 113 Å². The zero-order chi connectivity index (χ0) is 67.5. The number of hydrogen-bond acceptors (Lipinski definition) is 13. The number of nitrogens with one attached hydrogen (secondary N) is 3. The van der Waals surface area contributed by atoms with E-state index in [1.165, 1.54) is 68.0 Å². The molecule has 0 aliphatic carbocycles. The Balaban J connectivity index is 2.24. The summed E-state index contributed by atoms with van der Waals surface area (Å²) >= 11 is 0. The van der Waals surface area contributed by atoms with Gasteiger partial charge in [0, 0.05) is 48.2 Å². The monoisotopic (exact) mass is 1250 g/mol. The molecule has 2 unspecified atom stereocenters. The molecule has 2 heterocycles. The predicted molar refractivity (Wildman–Crippen MR) is 338 cm³/mol. The molecule has 2 aliphatic rings. The number of fused-ring (bicyclic) bond motifs is 1. The van der Waals surface area contributed by atoms with E-state index < -0.39 is 162 Å². The van der Waals surface area contributed by atoms with Crippen molar-refractivity contribution in [3.05, 3.63) is 53.1 Å². The highest BCUT2D eigenvalue weighted by Gasteiger charge is 2.46. The number of allylic oxidation sites excluding steroid dienone is 3. The van der Waals surface area contributed by atoms with Crippen LogP contribution in [0.25, 0.3) is 0 Å². The highest BCUT2D eigenvalue weighted by molar-refractivity contribution is 5.99. The minimum Gasteiger partial charge on any atom is -0.490 e. The lowest BCUT2D eigenvalue weighted by atomic mass is 9.92. The molecule has 1 aromatic rings. The van der Waals surface area contributed by atoms with Crippen LogP contribution in [0.3, 0.4) is 0 Å². The zero-order valence-corrected chi connectivity index (χ0v) is 56.5. The fraction of sp³-hybridized carbons (Fsp3) is 0.682. The Morgan fingerprint density at radius 2 is 1.20 bits per heavy atom. The van der Waals surface area contributed by atoms with Crippen LogP contribution in [0.15, 0.2) is 47.6 Å². The summed E-state index contributed by atoms with van der Waals surface area (Å²) in [5, 5.41) is 18.5. The summed E-state index contributed by atoms with van der Waals surface area (Å²) in [6, 6.07) is -3.64. The maximum Gasteiger partial charge on any atom is 0.329 e. The Morgan fingerprint density at radius 3 is 1.75 bits per heavy atom. The van der Waals surface area contributed by atoms with Crippen molar-refractivity contribution in [2.45, 2.75) is 209 Å². The lowest BCUT2D eigenvalue weighted by molar-refractivity contribution is -0.165. The van der Waals surface area contributed by atoms with Gasteiger partial charge in [0.05, 0.1) is 13.0 Å². The molecule has 1 aromatic carbocycles. The number of rotatable bonds is 17. The number of hydrogen-bond donors (Lipinski definition) is 4. The van der Waals surface area contributed by atoms with Gasteiger partial charge in [-0.3, -0.25) is 47.9 Å². The molecule has 23 heteroatoms. The van der Waals surface area contributed by atoms with E-state index in [-0.39, 0.29) is 19.4 Å². The minimum absolute atomic E-state index is 0.100. The standard InChI is InChI=1S/C66H105N9O14/c1-20-43(12)56-58(79)67-37-51(76)71(16)54(40(7)8)59(80)68-48(35-46-28-30-47(31-29-46)88-34-32-42(11)26-24-25-38(3)4)66(87)89-45(14)61(82)75-33-23-22-27-49(75)62(83)72(17)55(41(9)10)60(81)69-53(39(5)6)64(85)70(15)50(36-52(77)78)63(84)74(19)57(44(13)21-2)65(86)73(56)18/h25,28-32,39-41,43-45,48-50,53-57H,20-24,26-27,33-37H2,1-19H3,(H,67,79)(H,68,80)(H,69,81)(H,77,78)/b42-32+/t43?,44?,45-,48+,49+,50+,53+,54+,55+,56+,57+/m1/s1. The minimum atomic E-state index is -1.70. The molecule has 11 atom stereocenters. The second kappa shape index (κ2) is 35.2. The fourth-order valence-corrected chi connectivity index (χ4v) is 11.6. The first kappa shape index (κ1) is 75.9. The van der Waals surface area contributed by atoms with Crippen LogP contribution in [0.4, 0.5) is 0 Å². The molecule has 0 spiro atoms.